The van der Waals surface area contributed by atoms with Gasteiger partial charge in [-0.2, -0.15) is 5.10 Å². The van der Waals surface area contributed by atoms with Gasteiger partial charge in [-0.15, -0.1) is 11.3 Å². The molecule has 3 heterocycles. The predicted molar refractivity (Wildman–Crippen MR) is 110 cm³/mol. The van der Waals surface area contributed by atoms with Crippen LogP contribution in [-0.2, 0) is 11.3 Å². The molecule has 2 amide bonds. The van der Waals surface area contributed by atoms with E-state index in [4.69, 9.17) is 4.42 Å². The third-order valence-corrected chi connectivity index (χ3v) is 5.06. The summed E-state index contributed by atoms with van der Waals surface area (Å²) in [6.45, 7) is 0.125. The lowest BCUT2D eigenvalue weighted by Gasteiger charge is -2.08. The number of nitrogens with zero attached hydrogens (tertiary/aromatic N) is 2. The van der Waals surface area contributed by atoms with E-state index in [1.165, 1.54) is 0 Å². The van der Waals surface area contributed by atoms with E-state index < -0.39 is 0 Å². The molecule has 0 saturated carbocycles. The number of nitrogens with one attached hydrogen (secondary N) is 2. The molecule has 0 aliphatic rings. The van der Waals surface area contributed by atoms with E-state index in [1.807, 2.05) is 47.8 Å². The van der Waals surface area contributed by atoms with Crippen LogP contribution < -0.4 is 10.6 Å². The number of aromatic nitrogens is 2. The topological polar surface area (TPSA) is 89.2 Å². The Bertz CT molecular complexity index is 1090. The predicted octanol–water partition coefficient (Wildman–Crippen LogP) is 3.24. The van der Waals surface area contributed by atoms with Crippen LogP contribution in [0.1, 0.15) is 16.2 Å². The van der Waals surface area contributed by atoms with Crippen molar-refractivity contribution in [2.75, 3.05) is 6.54 Å². The van der Waals surface area contributed by atoms with Gasteiger partial charge >= 0.3 is 0 Å². The standard InChI is InChI=1S/C21H18N4O3S/c26-20(22-13-16-8-4-10-28-16)14-23-21(27)18-12-17(19-9-5-11-29-19)24-25(18)15-6-2-1-3-7-15/h1-12H,13-14H2,(H,22,26)(H,23,27). The van der Waals surface area contributed by atoms with Crippen LogP contribution in [0.3, 0.4) is 0 Å². The number of carbonyl (C=O) groups is 2. The zero-order valence-electron chi connectivity index (χ0n) is 15.4. The molecular weight excluding hydrogens is 388 g/mol. The van der Waals surface area contributed by atoms with Gasteiger partial charge in [-0.05, 0) is 41.8 Å². The molecule has 1 aromatic carbocycles. The average molecular weight is 406 g/mol. The molecule has 0 atom stereocenters. The number of para-hydroxylation sites is 1. The monoisotopic (exact) mass is 406 g/mol. The van der Waals surface area contributed by atoms with Gasteiger partial charge < -0.3 is 15.1 Å². The summed E-state index contributed by atoms with van der Waals surface area (Å²) in [5.41, 5.74) is 1.83. The highest BCUT2D eigenvalue weighted by Crippen LogP contribution is 2.25. The van der Waals surface area contributed by atoms with Crippen molar-refractivity contribution >= 4 is 23.2 Å². The summed E-state index contributed by atoms with van der Waals surface area (Å²) in [6, 6.07) is 18.5. The average Bonchev–Trinajstić information content (AvgIpc) is 3.51. The molecule has 29 heavy (non-hydrogen) atoms. The molecule has 0 aliphatic carbocycles. The smallest absolute Gasteiger partial charge is 0.270 e. The minimum absolute atomic E-state index is 0.145. The highest BCUT2D eigenvalue weighted by atomic mass is 32.1. The first-order chi connectivity index (χ1) is 14.2. The molecule has 4 aromatic rings. The maximum atomic E-state index is 12.8. The first-order valence-corrected chi connectivity index (χ1v) is 9.85. The zero-order valence-corrected chi connectivity index (χ0v) is 16.2. The number of benzene rings is 1. The Morgan fingerprint density at radius 1 is 1.03 bits per heavy atom. The molecule has 146 valence electrons. The van der Waals surface area contributed by atoms with Gasteiger partial charge in [-0.3, -0.25) is 9.59 Å². The number of hydrogen-bond donors (Lipinski definition) is 2. The first-order valence-electron chi connectivity index (χ1n) is 8.97. The maximum absolute atomic E-state index is 12.8. The Kier molecular flexibility index (Phi) is 5.53. The van der Waals surface area contributed by atoms with Crippen molar-refractivity contribution in [2.45, 2.75) is 6.54 Å². The van der Waals surface area contributed by atoms with Crippen LogP contribution in [-0.4, -0.2) is 28.1 Å². The Morgan fingerprint density at radius 2 is 1.90 bits per heavy atom. The Labute approximate surface area is 171 Å². The molecule has 7 nitrogen and oxygen atoms in total. The van der Waals surface area contributed by atoms with Gasteiger partial charge in [-0.1, -0.05) is 24.3 Å². The lowest BCUT2D eigenvalue weighted by atomic mass is 10.3. The normalized spacial score (nSPS) is 10.6. The van der Waals surface area contributed by atoms with E-state index in [9.17, 15) is 9.59 Å². The van der Waals surface area contributed by atoms with Crippen molar-refractivity contribution in [3.05, 3.63) is 83.8 Å². The van der Waals surface area contributed by atoms with E-state index in [0.717, 1.165) is 10.6 Å². The SMILES string of the molecule is O=C(CNC(=O)c1cc(-c2cccs2)nn1-c1ccccc1)NCc1ccco1. The molecule has 8 heteroatoms. The van der Waals surface area contributed by atoms with Crippen molar-refractivity contribution in [1.29, 1.82) is 0 Å². The lowest BCUT2D eigenvalue weighted by molar-refractivity contribution is -0.120. The second kappa shape index (κ2) is 8.57. The van der Waals surface area contributed by atoms with Crippen molar-refractivity contribution in [3.63, 3.8) is 0 Å². The molecule has 0 fully saturated rings. The molecule has 2 N–H and O–H groups in total. The van der Waals surface area contributed by atoms with Crippen molar-refractivity contribution < 1.29 is 14.0 Å². The molecule has 0 bridgehead atoms. The van der Waals surface area contributed by atoms with Gasteiger partial charge in [0.15, 0.2) is 0 Å². The Balaban J connectivity index is 1.49. The van der Waals surface area contributed by atoms with Crippen molar-refractivity contribution in [2.24, 2.45) is 0 Å². The van der Waals surface area contributed by atoms with Crippen LogP contribution in [0.15, 0.2) is 76.7 Å². The highest BCUT2D eigenvalue weighted by Gasteiger charge is 2.18. The van der Waals surface area contributed by atoms with Crippen LogP contribution in [0.2, 0.25) is 0 Å². The fraction of sp³-hybridized carbons (Fsp3) is 0.0952. The number of hydrogen-bond acceptors (Lipinski definition) is 5. The number of rotatable bonds is 7. The zero-order chi connectivity index (χ0) is 20.1. The number of furan rings is 1. The van der Waals surface area contributed by atoms with Crippen molar-refractivity contribution in [3.8, 4) is 16.3 Å². The summed E-state index contributed by atoms with van der Waals surface area (Å²) >= 11 is 1.55. The third-order valence-electron chi connectivity index (χ3n) is 4.17. The number of amides is 2. The van der Waals surface area contributed by atoms with Crippen LogP contribution in [0.25, 0.3) is 16.3 Å². The number of thiophene rings is 1. The molecule has 0 spiro atoms. The first kappa shape index (κ1) is 18.7. The Morgan fingerprint density at radius 3 is 2.62 bits per heavy atom. The minimum atomic E-state index is -0.377. The van der Waals surface area contributed by atoms with Crippen LogP contribution >= 0.6 is 11.3 Å². The molecule has 0 aliphatic heterocycles. The lowest BCUT2D eigenvalue weighted by Crippen LogP contribution is -2.37. The Hall–Kier alpha value is -3.65. The summed E-state index contributed by atoms with van der Waals surface area (Å²) in [6.07, 6.45) is 1.54. The largest absolute Gasteiger partial charge is 0.467 e. The molecule has 0 radical (unpaired) electrons. The van der Waals surface area contributed by atoms with Crippen LogP contribution in [0.5, 0.6) is 0 Å². The summed E-state index contributed by atoms with van der Waals surface area (Å²) < 4.78 is 6.76. The number of carbonyl (C=O) groups excluding carboxylic acids is 2. The molecule has 3 aromatic heterocycles. The molecule has 0 unspecified atom stereocenters. The molecular formula is C21H18N4O3S. The van der Waals surface area contributed by atoms with E-state index in [1.54, 1.807) is 40.5 Å². The van der Waals surface area contributed by atoms with Crippen LogP contribution in [0, 0.1) is 0 Å². The molecule has 4 rings (SSSR count). The van der Waals surface area contributed by atoms with Gasteiger partial charge in [0.2, 0.25) is 5.91 Å². The minimum Gasteiger partial charge on any atom is -0.467 e. The maximum Gasteiger partial charge on any atom is 0.270 e. The summed E-state index contributed by atoms with van der Waals surface area (Å²) in [4.78, 5) is 25.8. The van der Waals surface area contributed by atoms with Crippen molar-refractivity contribution in [1.82, 2.24) is 20.4 Å². The summed E-state index contributed by atoms with van der Waals surface area (Å²) in [5.74, 6) is -0.0382. The van der Waals surface area contributed by atoms with Crippen LogP contribution in [0.4, 0.5) is 0 Å². The highest BCUT2D eigenvalue weighted by molar-refractivity contribution is 7.13. The second-order valence-corrected chi connectivity index (χ2v) is 7.13. The second-order valence-electron chi connectivity index (χ2n) is 6.18. The third kappa shape index (κ3) is 4.44. The van der Waals surface area contributed by atoms with E-state index in [2.05, 4.69) is 15.7 Å². The fourth-order valence-electron chi connectivity index (χ4n) is 2.77. The summed E-state index contributed by atoms with van der Waals surface area (Å²) in [5, 5.41) is 11.9. The van der Waals surface area contributed by atoms with E-state index >= 15 is 0 Å². The molecule has 0 saturated heterocycles. The van der Waals surface area contributed by atoms with E-state index in [-0.39, 0.29) is 24.9 Å². The van der Waals surface area contributed by atoms with Gasteiger partial charge in [-0.25, -0.2) is 4.68 Å². The van der Waals surface area contributed by atoms with E-state index in [0.29, 0.717) is 17.1 Å². The summed E-state index contributed by atoms with van der Waals surface area (Å²) in [7, 11) is 0. The van der Waals surface area contributed by atoms with Gasteiger partial charge in [0.25, 0.3) is 5.91 Å². The fourth-order valence-corrected chi connectivity index (χ4v) is 3.45. The van der Waals surface area contributed by atoms with Gasteiger partial charge in [0, 0.05) is 0 Å². The quantitative estimate of drug-likeness (QED) is 0.493. The van der Waals surface area contributed by atoms with Gasteiger partial charge in [0.1, 0.15) is 17.1 Å². The van der Waals surface area contributed by atoms with Gasteiger partial charge in [0.05, 0.1) is 29.9 Å².